The molecule has 2 aliphatic heterocycles. The van der Waals surface area contributed by atoms with E-state index < -0.39 is 89.5 Å². The third-order valence-electron chi connectivity index (χ3n) is 10.3. The van der Waals surface area contributed by atoms with Gasteiger partial charge in [0.15, 0.2) is 29.6 Å². The second kappa shape index (κ2) is 18.9. The Morgan fingerprint density at radius 3 is 2.25 bits per heavy atom. The molecule has 0 spiro atoms. The lowest BCUT2D eigenvalue weighted by Crippen LogP contribution is -2.43. The van der Waals surface area contributed by atoms with Gasteiger partial charge in [0.1, 0.15) is 54.3 Å². The number of imidazole rings is 1. The normalized spacial score (nSPS) is 23.8. The number of fused-ring (bicyclic) bond motifs is 1. The van der Waals surface area contributed by atoms with Crippen molar-refractivity contribution in [1.82, 2.24) is 29.1 Å². The van der Waals surface area contributed by atoms with Crippen molar-refractivity contribution in [3.8, 4) is 0 Å². The molecule has 342 valence electrons. The second-order valence-electron chi connectivity index (χ2n) is 14.9. The van der Waals surface area contributed by atoms with Crippen molar-refractivity contribution in [2.45, 2.75) is 61.9 Å². The molecular formula is C37H44N10O15P2. The number of ketones is 1. The number of hydrogen-bond donors (Lipinski definition) is 7. The van der Waals surface area contributed by atoms with Crippen molar-refractivity contribution in [1.29, 1.82) is 0 Å². The van der Waals surface area contributed by atoms with Crippen LogP contribution in [-0.2, 0) is 48.1 Å². The molecule has 2 aromatic carbocycles. The molecule has 2 fully saturated rings. The summed E-state index contributed by atoms with van der Waals surface area (Å²) in [6.45, 7) is -1.71. The number of rotatable bonds is 17. The summed E-state index contributed by atoms with van der Waals surface area (Å²) in [5.41, 5.74) is 19.6. The Hall–Kier alpha value is -5.53. The smallest absolute Gasteiger partial charge is 0.455 e. The summed E-state index contributed by atoms with van der Waals surface area (Å²) >= 11 is 0. The van der Waals surface area contributed by atoms with Crippen LogP contribution in [0.2, 0.25) is 0 Å². The zero-order chi connectivity index (χ0) is 46.1. The highest BCUT2D eigenvalue weighted by molar-refractivity contribution is 7.47. The van der Waals surface area contributed by atoms with Gasteiger partial charge in [-0.3, -0.25) is 32.3 Å². The van der Waals surface area contributed by atoms with Crippen molar-refractivity contribution in [3.63, 3.8) is 0 Å². The Labute approximate surface area is 362 Å². The fraction of sp³-hybridized carbons (Fsp3) is 0.378. The summed E-state index contributed by atoms with van der Waals surface area (Å²) in [6.07, 6.45) is -7.09. The van der Waals surface area contributed by atoms with Gasteiger partial charge in [-0.15, -0.1) is 0 Å². The zero-order valence-corrected chi connectivity index (χ0v) is 35.7. The van der Waals surface area contributed by atoms with Gasteiger partial charge in [-0.1, -0.05) is 24.3 Å². The molecule has 0 radical (unpaired) electrons. The number of carbonyl (C=O) groups excluding carboxylic acids is 2. The van der Waals surface area contributed by atoms with Gasteiger partial charge in [-0.05, 0) is 42.3 Å². The van der Waals surface area contributed by atoms with Gasteiger partial charge in [0.05, 0.1) is 19.5 Å². The largest absolute Gasteiger partial charge is 0.472 e. The topological polar surface area (TPSA) is 364 Å². The number of hydrogen-bond acceptors (Lipinski definition) is 20. The Morgan fingerprint density at radius 2 is 1.59 bits per heavy atom. The predicted molar refractivity (Wildman–Crippen MR) is 222 cm³/mol. The molecule has 3 aromatic heterocycles. The highest BCUT2D eigenvalue weighted by Gasteiger charge is 2.50. The van der Waals surface area contributed by atoms with Crippen LogP contribution in [0.4, 0.5) is 17.3 Å². The van der Waals surface area contributed by atoms with E-state index in [1.807, 2.05) is 31.1 Å². The van der Waals surface area contributed by atoms with Crippen LogP contribution >= 0.6 is 15.6 Å². The molecule has 0 amide bonds. The molecule has 0 saturated carbocycles. The Bertz CT molecular complexity index is 2650. The van der Waals surface area contributed by atoms with Gasteiger partial charge in [-0.25, -0.2) is 28.9 Å². The van der Waals surface area contributed by atoms with Crippen molar-refractivity contribution in [2.24, 2.45) is 5.73 Å². The summed E-state index contributed by atoms with van der Waals surface area (Å²) in [5.74, 6) is -1.30. The van der Waals surface area contributed by atoms with Crippen LogP contribution in [0.1, 0.15) is 40.4 Å². The molecule has 64 heavy (non-hydrogen) atoms. The van der Waals surface area contributed by atoms with E-state index in [4.69, 9.17) is 40.5 Å². The first-order valence-electron chi connectivity index (χ1n) is 19.3. The van der Waals surface area contributed by atoms with E-state index in [-0.39, 0.29) is 41.4 Å². The van der Waals surface area contributed by atoms with Gasteiger partial charge >= 0.3 is 27.3 Å². The Morgan fingerprint density at radius 1 is 0.922 bits per heavy atom. The molecule has 27 heteroatoms. The highest BCUT2D eigenvalue weighted by Crippen LogP contribution is 2.50. The monoisotopic (exact) mass is 930 g/mol. The number of aromatic nitrogens is 6. The van der Waals surface area contributed by atoms with E-state index in [2.05, 4.69) is 24.5 Å². The fourth-order valence-electron chi connectivity index (χ4n) is 7.03. The fourth-order valence-corrected chi connectivity index (χ4v) is 8.33. The Balaban J connectivity index is 1.05. The summed E-state index contributed by atoms with van der Waals surface area (Å²) < 4.78 is 60.0. The van der Waals surface area contributed by atoms with Gasteiger partial charge in [-0.2, -0.15) is 4.98 Å². The average molecular weight is 931 g/mol. The lowest BCUT2D eigenvalue weighted by atomic mass is 9.99. The van der Waals surface area contributed by atoms with Crippen LogP contribution in [0.5, 0.6) is 0 Å². The number of nitrogens with zero attached hydrogens (tertiary/aromatic N) is 7. The molecule has 2 saturated heterocycles. The van der Waals surface area contributed by atoms with E-state index in [0.717, 1.165) is 16.6 Å². The van der Waals surface area contributed by atoms with Crippen LogP contribution in [-0.4, -0.2) is 124 Å². The minimum absolute atomic E-state index is 0.0136. The highest BCUT2D eigenvalue weighted by atomic mass is 31.2. The van der Waals surface area contributed by atoms with E-state index in [1.54, 1.807) is 36.4 Å². The number of ether oxygens (including phenoxy) is 3. The molecule has 5 aromatic rings. The number of aliphatic hydroxyl groups is 1. The minimum atomic E-state index is -5.20. The standard InChI is InChI=1S/C37H44N10O15P2/c1-45(2)22-9-7-21(8-10-22)30(48)20-5-3-19(4-6-20)13-23(38)36(50)61-32-26(60-35(31(32)49)47-18-43-29-33(40)41-17-42-34(29)47)16-58-64(55,56)62-24-14-28(46-12-11-27(39)44-37(46)51)59-25(24)15-57-63(52,53)54/h3-12,17-18,23-26,28,31-32,35,49H,13-16,38H2,1-2H3,(H,55,56)(H2,39,44,51)(H2,40,41,42)(H2,52,53,54)/t23-,24?,25+,26+,28+,31?,32?,35+/m0/s1. The van der Waals surface area contributed by atoms with Crippen molar-refractivity contribution in [3.05, 3.63) is 101 Å². The molecule has 7 rings (SSSR count). The third kappa shape index (κ3) is 10.7. The lowest BCUT2D eigenvalue weighted by Gasteiger charge is -2.24. The van der Waals surface area contributed by atoms with Crippen LogP contribution in [0.25, 0.3) is 11.2 Å². The number of benzene rings is 2. The van der Waals surface area contributed by atoms with Gasteiger partial charge in [0, 0.05) is 43.5 Å². The van der Waals surface area contributed by atoms with Gasteiger partial charge in [0.25, 0.3) is 0 Å². The molecule has 2 aliphatic rings. The van der Waals surface area contributed by atoms with E-state index >= 15 is 0 Å². The first-order chi connectivity index (χ1) is 30.3. The maximum absolute atomic E-state index is 13.6. The average Bonchev–Trinajstić information content (AvgIpc) is 3.94. The van der Waals surface area contributed by atoms with Gasteiger partial charge < -0.3 is 56.1 Å². The first-order valence-corrected chi connectivity index (χ1v) is 22.3. The summed E-state index contributed by atoms with van der Waals surface area (Å²) in [7, 11) is -6.50. The molecule has 10 N–H and O–H groups in total. The van der Waals surface area contributed by atoms with Crippen LogP contribution < -0.4 is 27.8 Å². The molecule has 4 unspecified atom stereocenters. The number of phosphoric acid groups is 2. The summed E-state index contributed by atoms with van der Waals surface area (Å²) in [5, 5.41) is 11.6. The SMILES string of the molecule is CN(C)c1ccc(C(=O)c2ccc(C[C@H](N)C(=O)OC3C(O)[C@H](n4cnc5c(N)ncnc54)O[C@@H]3COP(=O)(O)OC3C[C@H](n4ccc(N)nc4=O)O[C@@H]3COP(=O)(O)O)cc2)cc1. The van der Waals surface area contributed by atoms with Crippen molar-refractivity contribution >= 4 is 55.9 Å². The molecule has 0 bridgehead atoms. The van der Waals surface area contributed by atoms with Crippen molar-refractivity contribution in [2.75, 3.05) is 43.7 Å². The quantitative estimate of drug-likeness (QED) is 0.0371. The summed E-state index contributed by atoms with van der Waals surface area (Å²) in [6, 6.07) is 13.5. The number of esters is 1. The lowest BCUT2D eigenvalue weighted by molar-refractivity contribution is -0.158. The number of aliphatic hydroxyl groups excluding tert-OH is 1. The number of phosphoric ester groups is 2. The first kappa shape index (κ1) is 46.5. The molecule has 25 nitrogen and oxygen atoms in total. The minimum Gasteiger partial charge on any atom is -0.455 e. The maximum atomic E-state index is 13.6. The maximum Gasteiger partial charge on any atom is 0.472 e. The predicted octanol–water partition coefficient (Wildman–Crippen LogP) is 0.184. The molecule has 9 atom stereocenters. The number of carbonyl (C=O) groups is 2. The second-order valence-corrected chi connectivity index (χ2v) is 17.6. The van der Waals surface area contributed by atoms with Crippen molar-refractivity contribution < 1.29 is 66.3 Å². The van der Waals surface area contributed by atoms with E-state index in [0.29, 0.717) is 16.7 Å². The zero-order valence-electron chi connectivity index (χ0n) is 33.9. The third-order valence-corrected chi connectivity index (χ3v) is 11.8. The van der Waals surface area contributed by atoms with Gasteiger partial charge in [0.2, 0.25) is 0 Å². The Kier molecular flexibility index (Phi) is 13.7. The van der Waals surface area contributed by atoms with Crippen LogP contribution in [0.3, 0.4) is 0 Å². The summed E-state index contributed by atoms with van der Waals surface area (Å²) in [4.78, 5) is 86.5. The molecule has 0 aliphatic carbocycles. The number of nitrogens with two attached hydrogens (primary N) is 3. The molecular weight excluding hydrogens is 886 g/mol. The van der Waals surface area contributed by atoms with E-state index in [1.165, 1.54) is 23.2 Å². The van der Waals surface area contributed by atoms with Crippen LogP contribution in [0.15, 0.2) is 78.2 Å². The number of anilines is 3. The van der Waals surface area contributed by atoms with Crippen LogP contribution in [0, 0.1) is 0 Å². The number of nitrogen functional groups attached to an aromatic ring is 2. The molecule has 5 heterocycles. The van der Waals surface area contributed by atoms with E-state index in [9.17, 15) is 43.3 Å².